The van der Waals surface area contributed by atoms with E-state index in [1.165, 1.54) is 38.5 Å². The lowest BCUT2D eigenvalue weighted by Crippen LogP contribution is -2.57. The van der Waals surface area contributed by atoms with Gasteiger partial charge in [-0.15, -0.1) is 0 Å². The van der Waals surface area contributed by atoms with Gasteiger partial charge in [0, 0.05) is 6.61 Å². The molecule has 5 nitrogen and oxygen atoms in total. The van der Waals surface area contributed by atoms with Gasteiger partial charge in [-0.05, 0) is 13.3 Å². The van der Waals surface area contributed by atoms with Gasteiger partial charge in [-0.1, -0.05) is 51.9 Å². The van der Waals surface area contributed by atoms with E-state index in [0.717, 1.165) is 12.8 Å². The minimum absolute atomic E-state index is 0.506. The monoisotopic (exact) mass is 304 g/mol. The number of unbranched alkanes of at least 4 members (excludes halogenated alkanes) is 7. The maximum absolute atomic E-state index is 9.79. The van der Waals surface area contributed by atoms with Crippen molar-refractivity contribution in [3.63, 3.8) is 0 Å². The van der Waals surface area contributed by atoms with Crippen LogP contribution in [0.4, 0.5) is 0 Å². The van der Waals surface area contributed by atoms with Crippen LogP contribution >= 0.6 is 0 Å². The summed E-state index contributed by atoms with van der Waals surface area (Å²) in [6.45, 7) is 4.38. The van der Waals surface area contributed by atoms with E-state index in [-0.39, 0.29) is 0 Å². The number of hydrogen-bond acceptors (Lipinski definition) is 5. The maximum atomic E-state index is 9.79. The average molecular weight is 304 g/mol. The van der Waals surface area contributed by atoms with E-state index >= 15 is 0 Å². The first-order valence-corrected chi connectivity index (χ1v) is 8.39. The molecule has 0 spiro atoms. The van der Waals surface area contributed by atoms with Gasteiger partial charge in [-0.2, -0.15) is 0 Å². The van der Waals surface area contributed by atoms with E-state index in [4.69, 9.17) is 9.47 Å². The lowest BCUT2D eigenvalue weighted by Gasteiger charge is -2.38. The Morgan fingerprint density at radius 2 is 1.38 bits per heavy atom. The molecule has 0 unspecified atom stereocenters. The zero-order valence-electron chi connectivity index (χ0n) is 13.4. The Balaban J connectivity index is 2.04. The summed E-state index contributed by atoms with van der Waals surface area (Å²) in [7, 11) is 0. The molecular formula is C16H32O5. The van der Waals surface area contributed by atoms with Gasteiger partial charge >= 0.3 is 0 Å². The molecule has 0 aromatic carbocycles. The largest absolute Gasteiger partial charge is 0.388 e. The molecule has 1 heterocycles. The van der Waals surface area contributed by atoms with Crippen LogP contribution in [0.1, 0.15) is 65.2 Å². The Kier molecular flexibility index (Phi) is 9.44. The second-order valence-electron chi connectivity index (χ2n) is 6.03. The maximum Gasteiger partial charge on any atom is 0.186 e. The molecule has 1 aliphatic heterocycles. The molecule has 21 heavy (non-hydrogen) atoms. The van der Waals surface area contributed by atoms with E-state index in [0.29, 0.717) is 6.61 Å². The summed E-state index contributed by atoms with van der Waals surface area (Å²) in [6, 6.07) is 0. The zero-order chi connectivity index (χ0) is 15.7. The molecule has 0 amide bonds. The summed E-state index contributed by atoms with van der Waals surface area (Å²) in [4.78, 5) is 0. The van der Waals surface area contributed by atoms with Crippen molar-refractivity contribution in [3.05, 3.63) is 0 Å². The first kappa shape index (κ1) is 18.8. The Morgan fingerprint density at radius 3 is 2.00 bits per heavy atom. The summed E-state index contributed by atoms with van der Waals surface area (Å²) >= 11 is 0. The van der Waals surface area contributed by atoms with Crippen molar-refractivity contribution in [1.82, 2.24) is 0 Å². The van der Waals surface area contributed by atoms with Gasteiger partial charge < -0.3 is 24.8 Å². The Bertz CT molecular complexity index is 261. The highest BCUT2D eigenvalue weighted by Gasteiger charge is 2.42. The quantitative estimate of drug-likeness (QED) is 0.538. The molecule has 1 fully saturated rings. The number of ether oxygens (including phenoxy) is 2. The number of aliphatic hydroxyl groups excluding tert-OH is 3. The van der Waals surface area contributed by atoms with Gasteiger partial charge in [0.25, 0.3) is 0 Å². The minimum atomic E-state index is -1.21. The Labute approximate surface area is 128 Å². The van der Waals surface area contributed by atoms with E-state index in [2.05, 4.69) is 6.92 Å². The third-order valence-corrected chi connectivity index (χ3v) is 4.09. The normalized spacial score (nSPS) is 33.3. The summed E-state index contributed by atoms with van der Waals surface area (Å²) in [5.41, 5.74) is 0. The molecule has 0 saturated carbocycles. The zero-order valence-corrected chi connectivity index (χ0v) is 13.4. The van der Waals surface area contributed by atoms with Crippen molar-refractivity contribution in [2.75, 3.05) is 6.61 Å². The molecule has 126 valence electrons. The van der Waals surface area contributed by atoms with E-state index in [9.17, 15) is 15.3 Å². The van der Waals surface area contributed by atoms with Crippen molar-refractivity contribution in [2.24, 2.45) is 0 Å². The van der Waals surface area contributed by atoms with Crippen LogP contribution in [0.5, 0.6) is 0 Å². The third kappa shape index (κ3) is 6.61. The predicted octanol–water partition coefficient (Wildman–Crippen LogP) is 1.97. The smallest absolute Gasteiger partial charge is 0.186 e. The predicted molar refractivity (Wildman–Crippen MR) is 80.9 cm³/mol. The number of aliphatic hydroxyl groups is 3. The van der Waals surface area contributed by atoms with Crippen LogP contribution in [0.3, 0.4) is 0 Å². The van der Waals surface area contributed by atoms with Gasteiger partial charge in [0.1, 0.15) is 18.3 Å². The van der Waals surface area contributed by atoms with Crippen molar-refractivity contribution in [1.29, 1.82) is 0 Å². The summed E-state index contributed by atoms with van der Waals surface area (Å²) in [5, 5.41) is 29.0. The second kappa shape index (κ2) is 10.5. The molecule has 0 radical (unpaired) electrons. The van der Waals surface area contributed by atoms with Crippen LogP contribution in [0.25, 0.3) is 0 Å². The molecule has 0 aromatic heterocycles. The lowest BCUT2D eigenvalue weighted by molar-refractivity contribution is -0.293. The van der Waals surface area contributed by atoms with Gasteiger partial charge in [0.2, 0.25) is 0 Å². The standard InChI is InChI=1S/C16H32O5/c1-3-4-5-6-7-8-9-10-11-20-16-15(19)14(18)13(17)12(2)21-16/h12-19H,3-11H2,1-2H3/t12-,13+,14-,15-,16-/m1/s1. The van der Waals surface area contributed by atoms with Crippen LogP contribution in [-0.4, -0.2) is 52.6 Å². The fourth-order valence-corrected chi connectivity index (χ4v) is 2.59. The lowest BCUT2D eigenvalue weighted by atomic mass is 10.00. The first-order valence-electron chi connectivity index (χ1n) is 8.39. The molecule has 5 atom stereocenters. The van der Waals surface area contributed by atoms with Crippen molar-refractivity contribution in [3.8, 4) is 0 Å². The Morgan fingerprint density at radius 1 is 0.810 bits per heavy atom. The molecule has 0 aliphatic carbocycles. The van der Waals surface area contributed by atoms with Gasteiger partial charge in [-0.25, -0.2) is 0 Å². The number of hydrogen-bond donors (Lipinski definition) is 3. The molecule has 1 rings (SSSR count). The van der Waals surface area contributed by atoms with Crippen molar-refractivity contribution in [2.45, 2.75) is 95.9 Å². The molecule has 3 N–H and O–H groups in total. The summed E-state index contributed by atoms with van der Waals surface area (Å²) < 4.78 is 10.9. The SMILES string of the molecule is CCCCCCCCCCO[C@@H]1O[C@H](C)[C@H](O)[C@@H](O)[C@H]1O. The van der Waals surface area contributed by atoms with Crippen LogP contribution in [0, 0.1) is 0 Å². The van der Waals surface area contributed by atoms with E-state index < -0.39 is 30.7 Å². The van der Waals surface area contributed by atoms with Crippen LogP contribution in [0.2, 0.25) is 0 Å². The molecule has 0 bridgehead atoms. The average Bonchev–Trinajstić information content (AvgIpc) is 2.48. The van der Waals surface area contributed by atoms with Crippen LogP contribution in [0.15, 0.2) is 0 Å². The summed E-state index contributed by atoms with van der Waals surface area (Å²) in [6.07, 6.45) is 4.89. The van der Waals surface area contributed by atoms with E-state index in [1.54, 1.807) is 6.92 Å². The minimum Gasteiger partial charge on any atom is -0.388 e. The second-order valence-corrected chi connectivity index (χ2v) is 6.03. The molecule has 0 aromatic rings. The first-order chi connectivity index (χ1) is 10.1. The third-order valence-electron chi connectivity index (χ3n) is 4.09. The molecule has 1 saturated heterocycles. The van der Waals surface area contributed by atoms with Gasteiger partial charge in [0.15, 0.2) is 6.29 Å². The molecule has 1 aliphatic rings. The number of rotatable bonds is 10. The topological polar surface area (TPSA) is 79.2 Å². The van der Waals surface area contributed by atoms with Gasteiger partial charge in [-0.3, -0.25) is 0 Å². The molecular weight excluding hydrogens is 272 g/mol. The van der Waals surface area contributed by atoms with Crippen molar-refractivity contribution < 1.29 is 24.8 Å². The van der Waals surface area contributed by atoms with Gasteiger partial charge in [0.05, 0.1) is 6.10 Å². The fourth-order valence-electron chi connectivity index (χ4n) is 2.59. The highest BCUT2D eigenvalue weighted by atomic mass is 16.7. The van der Waals surface area contributed by atoms with Crippen LogP contribution in [-0.2, 0) is 9.47 Å². The van der Waals surface area contributed by atoms with E-state index in [1.807, 2.05) is 0 Å². The van der Waals surface area contributed by atoms with Crippen LogP contribution < -0.4 is 0 Å². The highest BCUT2D eigenvalue weighted by Crippen LogP contribution is 2.22. The van der Waals surface area contributed by atoms with Crippen molar-refractivity contribution >= 4 is 0 Å². The molecule has 5 heteroatoms. The fraction of sp³-hybridized carbons (Fsp3) is 1.00. The highest BCUT2D eigenvalue weighted by molar-refractivity contribution is 4.87. The Hall–Kier alpha value is -0.200. The summed E-state index contributed by atoms with van der Waals surface area (Å²) in [5.74, 6) is 0.